The second-order valence-electron chi connectivity index (χ2n) is 10.7. The summed E-state index contributed by atoms with van der Waals surface area (Å²) in [6.07, 6.45) is 7.51. The molecule has 1 aliphatic carbocycles. The standard InChI is InChI=1S/C31H38N4O/c1-23-12-11-21-35(22-23)30-33-24(2)27(29(36)32-20-17-25-13-5-3-6-14-25)28(34-30)31(18-9-10-19-31)26-15-7-4-8-16-26/h3-8,13-16,23H,9-12,17-22H2,1-2H3,(H,32,36). The molecule has 2 aromatic carbocycles. The number of amides is 1. The van der Waals surface area contributed by atoms with Gasteiger partial charge >= 0.3 is 0 Å². The van der Waals surface area contributed by atoms with Crippen LogP contribution in [0.1, 0.15) is 78.3 Å². The Bertz CT molecular complexity index is 1170. The molecule has 1 aromatic heterocycles. The molecule has 188 valence electrons. The van der Waals surface area contributed by atoms with Crippen molar-refractivity contribution >= 4 is 11.9 Å². The predicted octanol–water partition coefficient (Wildman–Crippen LogP) is 5.85. The normalized spacial score (nSPS) is 19.3. The van der Waals surface area contributed by atoms with Crippen molar-refractivity contribution in [3.63, 3.8) is 0 Å². The SMILES string of the molecule is Cc1nc(N2CCCC(C)C2)nc(C2(c3ccccc3)CCCC2)c1C(=O)NCCc1ccccc1. The highest BCUT2D eigenvalue weighted by atomic mass is 16.1. The summed E-state index contributed by atoms with van der Waals surface area (Å²) < 4.78 is 0. The molecule has 1 unspecified atom stereocenters. The second kappa shape index (κ2) is 10.8. The number of nitrogens with zero attached hydrogens (tertiary/aromatic N) is 3. The van der Waals surface area contributed by atoms with Gasteiger partial charge in [0.05, 0.1) is 17.0 Å². The van der Waals surface area contributed by atoms with E-state index in [1.165, 1.54) is 17.5 Å². The number of rotatable bonds is 7. The highest BCUT2D eigenvalue weighted by molar-refractivity contribution is 5.97. The molecule has 2 fully saturated rings. The summed E-state index contributed by atoms with van der Waals surface area (Å²) >= 11 is 0. The van der Waals surface area contributed by atoms with Crippen LogP contribution in [0, 0.1) is 12.8 Å². The van der Waals surface area contributed by atoms with Crippen LogP contribution in [-0.4, -0.2) is 35.5 Å². The zero-order valence-corrected chi connectivity index (χ0v) is 21.7. The Morgan fingerprint density at radius 3 is 2.39 bits per heavy atom. The fraction of sp³-hybridized carbons (Fsp3) is 0.452. The lowest BCUT2D eigenvalue weighted by molar-refractivity contribution is 0.0950. The summed E-state index contributed by atoms with van der Waals surface area (Å²) in [7, 11) is 0. The molecule has 5 nitrogen and oxygen atoms in total. The Morgan fingerprint density at radius 1 is 1.00 bits per heavy atom. The summed E-state index contributed by atoms with van der Waals surface area (Å²) in [6, 6.07) is 21.0. The number of hydrogen-bond acceptors (Lipinski definition) is 4. The summed E-state index contributed by atoms with van der Waals surface area (Å²) in [4.78, 5) is 26.3. The molecule has 2 aliphatic rings. The number of nitrogens with one attached hydrogen (secondary N) is 1. The van der Waals surface area contributed by atoms with Crippen molar-refractivity contribution in [2.24, 2.45) is 5.92 Å². The van der Waals surface area contributed by atoms with Gasteiger partial charge in [-0.25, -0.2) is 9.97 Å². The average molecular weight is 483 g/mol. The van der Waals surface area contributed by atoms with Crippen LogP contribution in [0.4, 0.5) is 5.95 Å². The Morgan fingerprint density at radius 2 is 1.69 bits per heavy atom. The van der Waals surface area contributed by atoms with Crippen molar-refractivity contribution < 1.29 is 4.79 Å². The Balaban J connectivity index is 1.54. The Hall–Kier alpha value is -3.21. The molecule has 0 spiro atoms. The van der Waals surface area contributed by atoms with Crippen LogP contribution in [0.5, 0.6) is 0 Å². The van der Waals surface area contributed by atoms with Gasteiger partial charge < -0.3 is 10.2 Å². The van der Waals surface area contributed by atoms with Gasteiger partial charge in [0, 0.05) is 25.0 Å². The predicted molar refractivity (Wildman–Crippen MR) is 146 cm³/mol. The van der Waals surface area contributed by atoms with E-state index in [0.29, 0.717) is 18.0 Å². The van der Waals surface area contributed by atoms with E-state index in [1.807, 2.05) is 25.1 Å². The van der Waals surface area contributed by atoms with Crippen molar-refractivity contribution in [3.8, 4) is 0 Å². The number of hydrogen-bond donors (Lipinski definition) is 1. The molecular weight excluding hydrogens is 444 g/mol. The Kier molecular flexibility index (Phi) is 7.35. The summed E-state index contributed by atoms with van der Waals surface area (Å²) in [5, 5.41) is 3.19. The highest BCUT2D eigenvalue weighted by Crippen LogP contribution is 2.47. The van der Waals surface area contributed by atoms with Gasteiger partial charge in [0.2, 0.25) is 5.95 Å². The van der Waals surface area contributed by atoms with E-state index in [1.54, 1.807) is 0 Å². The van der Waals surface area contributed by atoms with E-state index in [2.05, 4.69) is 59.6 Å². The number of benzene rings is 2. The van der Waals surface area contributed by atoms with E-state index >= 15 is 0 Å². The molecule has 1 saturated heterocycles. The molecule has 0 bridgehead atoms. The molecule has 3 aromatic rings. The third kappa shape index (κ3) is 5.02. The van der Waals surface area contributed by atoms with E-state index in [9.17, 15) is 4.79 Å². The molecule has 1 saturated carbocycles. The summed E-state index contributed by atoms with van der Waals surface area (Å²) in [5.74, 6) is 1.36. The minimum Gasteiger partial charge on any atom is -0.352 e. The zero-order valence-electron chi connectivity index (χ0n) is 21.7. The fourth-order valence-electron chi connectivity index (χ4n) is 6.14. The summed E-state index contributed by atoms with van der Waals surface area (Å²) in [5.41, 5.74) is 4.60. The fourth-order valence-corrected chi connectivity index (χ4v) is 6.14. The third-order valence-electron chi connectivity index (χ3n) is 8.02. The third-order valence-corrected chi connectivity index (χ3v) is 8.02. The highest BCUT2D eigenvalue weighted by Gasteiger charge is 2.42. The van der Waals surface area contributed by atoms with Gasteiger partial charge in [0.15, 0.2) is 0 Å². The maximum absolute atomic E-state index is 13.7. The van der Waals surface area contributed by atoms with Gasteiger partial charge in [-0.3, -0.25) is 4.79 Å². The van der Waals surface area contributed by atoms with Crippen LogP contribution < -0.4 is 10.2 Å². The van der Waals surface area contributed by atoms with E-state index in [4.69, 9.17) is 9.97 Å². The number of aromatic nitrogens is 2. The van der Waals surface area contributed by atoms with E-state index in [-0.39, 0.29) is 11.3 Å². The zero-order chi connectivity index (χ0) is 25.0. The monoisotopic (exact) mass is 482 g/mol. The van der Waals surface area contributed by atoms with E-state index in [0.717, 1.165) is 69.0 Å². The van der Waals surface area contributed by atoms with Crippen LogP contribution in [0.3, 0.4) is 0 Å². The van der Waals surface area contributed by atoms with Gasteiger partial charge in [-0.2, -0.15) is 0 Å². The first-order chi connectivity index (χ1) is 17.6. The molecule has 0 radical (unpaired) electrons. The Labute approximate surface area is 215 Å². The minimum atomic E-state index is -0.253. The summed E-state index contributed by atoms with van der Waals surface area (Å²) in [6.45, 7) is 6.83. The van der Waals surface area contributed by atoms with Crippen LogP contribution >= 0.6 is 0 Å². The van der Waals surface area contributed by atoms with Crippen molar-refractivity contribution in [1.29, 1.82) is 0 Å². The van der Waals surface area contributed by atoms with Crippen LogP contribution in [-0.2, 0) is 11.8 Å². The molecular formula is C31H38N4O. The molecule has 36 heavy (non-hydrogen) atoms. The molecule has 1 N–H and O–H groups in total. The topological polar surface area (TPSA) is 58.1 Å². The van der Waals surface area contributed by atoms with Gasteiger partial charge in [-0.15, -0.1) is 0 Å². The van der Waals surface area contributed by atoms with Crippen LogP contribution in [0.2, 0.25) is 0 Å². The van der Waals surface area contributed by atoms with Gasteiger partial charge in [0.25, 0.3) is 5.91 Å². The first-order valence-electron chi connectivity index (χ1n) is 13.6. The number of anilines is 1. The molecule has 1 atom stereocenters. The first-order valence-corrected chi connectivity index (χ1v) is 13.6. The number of aryl methyl sites for hydroxylation is 1. The molecule has 1 amide bonds. The molecule has 2 heterocycles. The minimum absolute atomic E-state index is 0.0563. The molecule has 5 heteroatoms. The quantitative estimate of drug-likeness (QED) is 0.459. The lowest BCUT2D eigenvalue weighted by Gasteiger charge is -2.35. The second-order valence-corrected chi connectivity index (χ2v) is 10.7. The molecule has 1 aliphatic heterocycles. The number of carbonyl (C=O) groups excluding carboxylic acids is 1. The van der Waals surface area contributed by atoms with Crippen molar-refractivity contribution in [2.75, 3.05) is 24.5 Å². The van der Waals surface area contributed by atoms with Gasteiger partial charge in [-0.1, -0.05) is 80.4 Å². The maximum Gasteiger partial charge on any atom is 0.255 e. The first kappa shape index (κ1) is 24.5. The number of piperidine rings is 1. The van der Waals surface area contributed by atoms with Crippen LogP contribution in [0.15, 0.2) is 60.7 Å². The van der Waals surface area contributed by atoms with E-state index < -0.39 is 0 Å². The lowest BCUT2D eigenvalue weighted by atomic mass is 9.74. The van der Waals surface area contributed by atoms with Gasteiger partial charge in [-0.05, 0) is 56.1 Å². The average Bonchev–Trinajstić information content (AvgIpc) is 3.40. The van der Waals surface area contributed by atoms with Crippen molar-refractivity contribution in [3.05, 3.63) is 88.7 Å². The van der Waals surface area contributed by atoms with Crippen LogP contribution in [0.25, 0.3) is 0 Å². The van der Waals surface area contributed by atoms with Crippen molar-refractivity contribution in [1.82, 2.24) is 15.3 Å². The van der Waals surface area contributed by atoms with Gasteiger partial charge in [0.1, 0.15) is 0 Å². The lowest BCUT2D eigenvalue weighted by Crippen LogP contribution is -2.38. The largest absolute Gasteiger partial charge is 0.352 e. The molecule has 5 rings (SSSR count). The maximum atomic E-state index is 13.7. The smallest absolute Gasteiger partial charge is 0.255 e. The van der Waals surface area contributed by atoms with Crippen molar-refractivity contribution in [2.45, 2.75) is 64.2 Å². The number of carbonyl (C=O) groups is 1.